The van der Waals surface area contributed by atoms with Gasteiger partial charge in [-0.2, -0.15) is 9.40 Å². The zero-order chi connectivity index (χ0) is 19.4. The van der Waals surface area contributed by atoms with Crippen LogP contribution in [0.4, 0.5) is 0 Å². The molecule has 0 amide bonds. The van der Waals surface area contributed by atoms with Gasteiger partial charge in [0.05, 0.1) is 16.4 Å². The molecule has 0 fully saturated rings. The number of ether oxygens (including phenoxy) is 1. The lowest BCUT2D eigenvalue weighted by Crippen LogP contribution is -2.33. The van der Waals surface area contributed by atoms with Gasteiger partial charge in [0.25, 0.3) is 0 Å². The maximum absolute atomic E-state index is 13.3. The zero-order valence-corrected chi connectivity index (χ0v) is 17.1. The van der Waals surface area contributed by atoms with Gasteiger partial charge in [0.2, 0.25) is 10.0 Å². The molecule has 3 heterocycles. The molecule has 3 aromatic heterocycles. The average Bonchev–Trinajstić information content (AvgIpc) is 3.25. The van der Waals surface area contributed by atoms with Crippen LogP contribution in [0.2, 0.25) is 0 Å². The van der Waals surface area contributed by atoms with Crippen LogP contribution in [0.25, 0.3) is 10.6 Å². The molecule has 0 saturated heterocycles. The first-order valence-electron chi connectivity index (χ1n) is 8.42. The van der Waals surface area contributed by atoms with E-state index in [1.165, 1.54) is 15.6 Å². The van der Waals surface area contributed by atoms with Crippen LogP contribution in [-0.4, -0.2) is 48.2 Å². The van der Waals surface area contributed by atoms with E-state index >= 15 is 0 Å². The minimum atomic E-state index is -3.68. The highest BCUT2D eigenvalue weighted by molar-refractivity contribution is 7.89. The smallest absolute Gasteiger partial charge is 0.244 e. The molecule has 0 aromatic carbocycles. The van der Waals surface area contributed by atoms with E-state index in [9.17, 15) is 8.42 Å². The van der Waals surface area contributed by atoms with Crippen LogP contribution >= 0.6 is 11.3 Å². The lowest BCUT2D eigenvalue weighted by atomic mass is 10.3. The van der Waals surface area contributed by atoms with Gasteiger partial charge in [0.15, 0.2) is 0 Å². The van der Waals surface area contributed by atoms with Crippen LogP contribution in [0, 0.1) is 13.8 Å². The van der Waals surface area contributed by atoms with Gasteiger partial charge in [0, 0.05) is 43.2 Å². The molecule has 7 nitrogen and oxygen atoms in total. The predicted octanol–water partition coefficient (Wildman–Crippen LogP) is 2.99. The van der Waals surface area contributed by atoms with Gasteiger partial charge < -0.3 is 4.74 Å². The number of nitrogens with one attached hydrogen (secondary N) is 1. The Morgan fingerprint density at radius 1 is 1.30 bits per heavy atom. The summed E-state index contributed by atoms with van der Waals surface area (Å²) in [4.78, 5) is 5.94. The van der Waals surface area contributed by atoms with Crippen molar-refractivity contribution in [2.45, 2.75) is 25.3 Å². The van der Waals surface area contributed by atoms with Crippen molar-refractivity contribution in [3.8, 4) is 10.6 Å². The van der Waals surface area contributed by atoms with Crippen molar-refractivity contribution in [2.75, 3.05) is 20.3 Å². The van der Waals surface area contributed by atoms with Crippen LogP contribution < -0.4 is 0 Å². The molecule has 3 aromatic rings. The third-order valence-electron chi connectivity index (χ3n) is 4.07. The summed E-state index contributed by atoms with van der Waals surface area (Å²) < 4.78 is 33.2. The summed E-state index contributed by atoms with van der Waals surface area (Å²) in [5, 5.41) is 7.12. The summed E-state index contributed by atoms with van der Waals surface area (Å²) in [6, 6.07) is 7.26. The van der Waals surface area contributed by atoms with E-state index in [1.54, 1.807) is 31.6 Å². The Hall–Kier alpha value is -2.07. The fourth-order valence-corrected chi connectivity index (χ4v) is 5.64. The number of nitrogens with zero attached hydrogens (tertiary/aromatic N) is 3. The number of hydrogen-bond donors (Lipinski definition) is 1. The minimum Gasteiger partial charge on any atom is -0.383 e. The van der Waals surface area contributed by atoms with E-state index in [1.807, 2.05) is 26.0 Å². The summed E-state index contributed by atoms with van der Waals surface area (Å²) in [5.41, 5.74) is 2.50. The van der Waals surface area contributed by atoms with Gasteiger partial charge in [-0.05, 0) is 37.6 Å². The van der Waals surface area contributed by atoms with Crippen LogP contribution in [0.1, 0.15) is 16.1 Å². The van der Waals surface area contributed by atoms with Crippen LogP contribution in [0.3, 0.4) is 0 Å². The quantitative estimate of drug-likeness (QED) is 0.621. The molecule has 0 bridgehead atoms. The topological polar surface area (TPSA) is 88.2 Å². The van der Waals surface area contributed by atoms with Crippen LogP contribution in [0.5, 0.6) is 0 Å². The SMILES string of the molecule is COCCN(Cc1cccnc1)S(=O)(=O)c1cc(-c2cc(C)[nH]n2)sc1C. The highest BCUT2D eigenvalue weighted by Gasteiger charge is 2.28. The molecule has 3 rings (SSSR count). The summed E-state index contributed by atoms with van der Waals surface area (Å²) >= 11 is 1.42. The van der Waals surface area contributed by atoms with Gasteiger partial charge in [0.1, 0.15) is 5.69 Å². The number of aromatic amines is 1. The van der Waals surface area contributed by atoms with Gasteiger partial charge >= 0.3 is 0 Å². The van der Waals surface area contributed by atoms with Gasteiger partial charge in [-0.25, -0.2) is 8.42 Å². The van der Waals surface area contributed by atoms with Crippen LogP contribution in [-0.2, 0) is 21.3 Å². The molecule has 0 saturated carbocycles. The Labute approximate surface area is 163 Å². The number of sulfonamides is 1. The second kappa shape index (κ2) is 8.30. The van der Waals surface area contributed by atoms with E-state index in [0.29, 0.717) is 11.5 Å². The maximum atomic E-state index is 13.3. The van der Waals surface area contributed by atoms with Crippen molar-refractivity contribution in [3.05, 3.63) is 52.8 Å². The molecule has 144 valence electrons. The molecule has 0 atom stereocenters. The Morgan fingerprint density at radius 2 is 2.11 bits per heavy atom. The number of H-pyrrole nitrogens is 1. The number of hydrogen-bond acceptors (Lipinski definition) is 6. The first kappa shape index (κ1) is 19.7. The molecule has 0 unspecified atom stereocenters. The van der Waals surface area contributed by atoms with E-state index in [-0.39, 0.29) is 13.1 Å². The van der Waals surface area contributed by atoms with Crippen molar-refractivity contribution < 1.29 is 13.2 Å². The Balaban J connectivity index is 1.95. The molecule has 0 spiro atoms. The lowest BCUT2D eigenvalue weighted by Gasteiger charge is -2.21. The number of aryl methyl sites for hydroxylation is 2. The zero-order valence-electron chi connectivity index (χ0n) is 15.5. The Bertz CT molecular complexity index is 997. The number of methoxy groups -OCH3 is 1. The molecule has 0 aliphatic carbocycles. The molecular weight excluding hydrogens is 384 g/mol. The van der Waals surface area contributed by atoms with Crippen molar-refractivity contribution in [2.24, 2.45) is 0 Å². The predicted molar refractivity (Wildman–Crippen MR) is 105 cm³/mol. The van der Waals surface area contributed by atoms with E-state index in [0.717, 1.165) is 26.7 Å². The standard InChI is InChI=1S/C18H22N4O3S2/c1-13-9-16(21-20-13)17-10-18(14(2)26-17)27(23,24)22(7-8-25-3)12-15-5-4-6-19-11-15/h4-6,9-11H,7-8,12H2,1-3H3,(H,20,21). The van der Waals surface area contributed by atoms with Crippen molar-refractivity contribution in [1.29, 1.82) is 0 Å². The molecule has 27 heavy (non-hydrogen) atoms. The van der Waals surface area contributed by atoms with Crippen molar-refractivity contribution >= 4 is 21.4 Å². The first-order valence-corrected chi connectivity index (χ1v) is 10.7. The largest absolute Gasteiger partial charge is 0.383 e. The Morgan fingerprint density at radius 3 is 2.74 bits per heavy atom. The van der Waals surface area contributed by atoms with Gasteiger partial charge in [-0.15, -0.1) is 11.3 Å². The highest BCUT2D eigenvalue weighted by atomic mass is 32.2. The van der Waals surface area contributed by atoms with Crippen LogP contribution in [0.15, 0.2) is 41.6 Å². The van der Waals surface area contributed by atoms with Gasteiger partial charge in [-0.1, -0.05) is 6.07 Å². The Kier molecular flexibility index (Phi) is 6.05. The second-order valence-electron chi connectivity index (χ2n) is 6.16. The normalized spacial score (nSPS) is 12.0. The molecule has 9 heteroatoms. The van der Waals surface area contributed by atoms with E-state index < -0.39 is 10.0 Å². The molecule has 0 radical (unpaired) electrons. The lowest BCUT2D eigenvalue weighted by molar-refractivity contribution is 0.177. The number of aromatic nitrogens is 3. The van der Waals surface area contributed by atoms with Gasteiger partial charge in [-0.3, -0.25) is 10.1 Å². The molecule has 1 N–H and O–H groups in total. The number of thiophene rings is 1. The third kappa shape index (κ3) is 4.44. The fraction of sp³-hybridized carbons (Fsp3) is 0.333. The van der Waals surface area contributed by atoms with Crippen molar-refractivity contribution in [3.63, 3.8) is 0 Å². The molecule has 0 aliphatic rings. The summed E-state index contributed by atoms with van der Waals surface area (Å²) in [6.45, 7) is 4.55. The summed E-state index contributed by atoms with van der Waals surface area (Å²) in [6.07, 6.45) is 3.34. The first-order chi connectivity index (χ1) is 12.9. The maximum Gasteiger partial charge on any atom is 0.244 e. The minimum absolute atomic E-state index is 0.242. The number of pyridine rings is 1. The monoisotopic (exact) mass is 406 g/mol. The summed E-state index contributed by atoms with van der Waals surface area (Å²) in [7, 11) is -2.13. The highest BCUT2D eigenvalue weighted by Crippen LogP contribution is 2.34. The van der Waals surface area contributed by atoms with E-state index in [2.05, 4.69) is 15.2 Å². The van der Waals surface area contributed by atoms with E-state index in [4.69, 9.17) is 4.74 Å². The molecular formula is C18H22N4O3S2. The number of rotatable bonds is 8. The van der Waals surface area contributed by atoms with Crippen molar-refractivity contribution in [1.82, 2.24) is 19.5 Å². The summed E-state index contributed by atoms with van der Waals surface area (Å²) in [5.74, 6) is 0. The fourth-order valence-electron chi connectivity index (χ4n) is 2.70. The average molecular weight is 407 g/mol. The molecule has 0 aliphatic heterocycles. The second-order valence-corrected chi connectivity index (χ2v) is 9.32. The third-order valence-corrected chi connectivity index (χ3v) is 7.25.